The normalized spacial score (nSPS) is 20.2. The zero-order valence-corrected chi connectivity index (χ0v) is 19.3. The third kappa shape index (κ3) is 6.42. The second kappa shape index (κ2) is 9.64. The molecule has 3 rings (SSSR count). The van der Waals surface area contributed by atoms with E-state index in [-0.39, 0.29) is 49.5 Å². The quantitative estimate of drug-likeness (QED) is 0.629. The third-order valence-electron chi connectivity index (χ3n) is 5.58. The van der Waals surface area contributed by atoms with Gasteiger partial charge in [0.2, 0.25) is 17.7 Å². The molecular formula is C22H31F3N4O4. The van der Waals surface area contributed by atoms with Gasteiger partial charge in [-0.3, -0.25) is 9.69 Å². The van der Waals surface area contributed by atoms with Crippen LogP contribution in [0.5, 0.6) is 5.88 Å². The van der Waals surface area contributed by atoms with Gasteiger partial charge in [0, 0.05) is 38.0 Å². The second-order valence-corrected chi connectivity index (χ2v) is 9.55. The Morgan fingerprint density at radius 1 is 1.30 bits per heavy atom. The summed E-state index contributed by atoms with van der Waals surface area (Å²) in [5.74, 6) is -3.93. The Hall–Kier alpha value is -2.72. The number of likely N-dealkylation sites (tertiary alicyclic amines) is 1. The number of nitrogens with zero attached hydrogens (tertiary/aromatic N) is 2. The number of carbonyl (C=O) groups excluding carboxylic acids is 2. The van der Waals surface area contributed by atoms with Crippen molar-refractivity contribution in [1.29, 1.82) is 0 Å². The summed E-state index contributed by atoms with van der Waals surface area (Å²) in [6.45, 7) is 5.80. The van der Waals surface area contributed by atoms with Gasteiger partial charge in [0.25, 0.3) is 0 Å². The topological polar surface area (TPSA) is 92.8 Å². The molecule has 1 unspecified atom stereocenters. The van der Waals surface area contributed by atoms with Crippen molar-refractivity contribution in [1.82, 2.24) is 15.2 Å². The lowest BCUT2D eigenvalue weighted by Crippen LogP contribution is -2.47. The Labute approximate surface area is 191 Å². The van der Waals surface area contributed by atoms with Crippen LogP contribution in [-0.4, -0.2) is 59.6 Å². The standard InChI is InChI=1S/C22H31F3N4O4/c1-21(2,3)33-20(31)29-7-5-6-16(29)18(30)27-12-14-8-15(23)17(28-19(14)32-4)26-11-13-9-22(24,25)10-13/h8,13,16H,5-7,9-12H2,1-4H3,(H,26,28)(H,27,30). The minimum absolute atomic E-state index is 0.0558. The zero-order chi connectivity index (χ0) is 24.4. The smallest absolute Gasteiger partial charge is 0.410 e. The molecule has 1 atom stereocenters. The summed E-state index contributed by atoms with van der Waals surface area (Å²) in [6.07, 6.45) is 0.154. The average Bonchev–Trinajstić information content (AvgIpc) is 3.18. The van der Waals surface area contributed by atoms with Gasteiger partial charge in [-0.1, -0.05) is 0 Å². The van der Waals surface area contributed by atoms with Crippen molar-refractivity contribution < 1.29 is 32.2 Å². The van der Waals surface area contributed by atoms with Gasteiger partial charge in [-0.15, -0.1) is 0 Å². The maximum absolute atomic E-state index is 14.5. The first-order chi connectivity index (χ1) is 15.4. The number of hydrogen-bond acceptors (Lipinski definition) is 6. The van der Waals surface area contributed by atoms with Crippen molar-refractivity contribution >= 4 is 17.8 Å². The zero-order valence-electron chi connectivity index (χ0n) is 19.3. The molecule has 1 aromatic heterocycles. The lowest BCUT2D eigenvalue weighted by Gasteiger charge is -2.35. The van der Waals surface area contributed by atoms with E-state index in [1.54, 1.807) is 20.8 Å². The number of methoxy groups -OCH3 is 1. The van der Waals surface area contributed by atoms with Crippen LogP contribution in [-0.2, 0) is 16.1 Å². The Kier molecular flexibility index (Phi) is 7.28. The van der Waals surface area contributed by atoms with Crippen molar-refractivity contribution in [3.63, 3.8) is 0 Å². The first-order valence-electron chi connectivity index (χ1n) is 11.0. The molecule has 1 saturated heterocycles. The number of hydrogen-bond donors (Lipinski definition) is 2. The Morgan fingerprint density at radius 3 is 2.61 bits per heavy atom. The molecule has 1 aromatic rings. The van der Waals surface area contributed by atoms with E-state index in [1.165, 1.54) is 18.1 Å². The molecule has 184 valence electrons. The van der Waals surface area contributed by atoms with Gasteiger partial charge in [-0.2, -0.15) is 4.98 Å². The molecule has 11 heteroatoms. The molecule has 0 spiro atoms. The second-order valence-electron chi connectivity index (χ2n) is 9.55. The predicted molar refractivity (Wildman–Crippen MR) is 115 cm³/mol. The molecule has 0 radical (unpaired) electrons. The minimum atomic E-state index is -2.64. The number of amides is 2. The Morgan fingerprint density at radius 2 is 2.00 bits per heavy atom. The van der Waals surface area contributed by atoms with Crippen LogP contribution in [0.4, 0.5) is 23.8 Å². The van der Waals surface area contributed by atoms with E-state index in [9.17, 15) is 22.8 Å². The number of nitrogens with one attached hydrogen (secondary N) is 2. The van der Waals surface area contributed by atoms with Crippen LogP contribution in [0.1, 0.15) is 52.0 Å². The van der Waals surface area contributed by atoms with Crippen molar-refractivity contribution in [2.24, 2.45) is 5.92 Å². The highest BCUT2D eigenvalue weighted by atomic mass is 19.3. The largest absolute Gasteiger partial charge is 0.481 e. The molecule has 1 saturated carbocycles. The first-order valence-corrected chi connectivity index (χ1v) is 11.0. The molecule has 2 aliphatic rings. The Bertz CT molecular complexity index is 883. The highest BCUT2D eigenvalue weighted by molar-refractivity contribution is 5.86. The van der Waals surface area contributed by atoms with E-state index in [0.29, 0.717) is 24.9 Å². The Balaban J connectivity index is 1.59. The summed E-state index contributed by atoms with van der Waals surface area (Å²) in [4.78, 5) is 30.6. The SMILES string of the molecule is COc1nc(NCC2CC(F)(F)C2)c(F)cc1CNC(=O)C1CCCN1C(=O)OC(C)(C)C. The summed E-state index contributed by atoms with van der Waals surface area (Å²) in [5.41, 5.74) is -0.363. The van der Waals surface area contributed by atoms with Gasteiger partial charge in [-0.05, 0) is 45.6 Å². The predicted octanol–water partition coefficient (Wildman–Crippen LogP) is 3.70. The average molecular weight is 473 g/mol. The fourth-order valence-corrected chi connectivity index (χ4v) is 3.99. The number of halogens is 3. The summed E-state index contributed by atoms with van der Waals surface area (Å²) in [7, 11) is 1.36. The van der Waals surface area contributed by atoms with Crippen molar-refractivity contribution in [3.05, 3.63) is 17.4 Å². The number of carbonyl (C=O) groups is 2. The van der Waals surface area contributed by atoms with Crippen LogP contribution in [0.25, 0.3) is 0 Å². The minimum Gasteiger partial charge on any atom is -0.481 e. The lowest BCUT2D eigenvalue weighted by atomic mass is 9.81. The van der Waals surface area contributed by atoms with Crippen LogP contribution < -0.4 is 15.4 Å². The van der Waals surface area contributed by atoms with E-state index < -0.39 is 29.5 Å². The lowest BCUT2D eigenvalue weighted by molar-refractivity contribution is -0.125. The fourth-order valence-electron chi connectivity index (χ4n) is 3.99. The van der Waals surface area contributed by atoms with Crippen LogP contribution in [0.15, 0.2) is 6.07 Å². The maximum atomic E-state index is 14.5. The van der Waals surface area contributed by atoms with Gasteiger partial charge < -0.3 is 20.1 Å². The van der Waals surface area contributed by atoms with Crippen molar-refractivity contribution in [3.8, 4) is 5.88 Å². The number of anilines is 1. The maximum Gasteiger partial charge on any atom is 0.410 e. The highest BCUT2D eigenvalue weighted by Gasteiger charge is 2.45. The molecule has 2 heterocycles. The molecule has 1 aliphatic carbocycles. The summed E-state index contributed by atoms with van der Waals surface area (Å²) < 4.78 is 51.1. The number of rotatable bonds is 7. The van der Waals surface area contributed by atoms with Gasteiger partial charge in [0.1, 0.15) is 11.6 Å². The molecule has 2 N–H and O–H groups in total. The van der Waals surface area contributed by atoms with Crippen LogP contribution in [0, 0.1) is 11.7 Å². The molecule has 33 heavy (non-hydrogen) atoms. The molecular weight excluding hydrogens is 441 g/mol. The van der Waals surface area contributed by atoms with Crippen molar-refractivity contribution in [2.75, 3.05) is 25.5 Å². The van der Waals surface area contributed by atoms with E-state index >= 15 is 0 Å². The molecule has 0 bridgehead atoms. The van der Waals surface area contributed by atoms with Crippen LogP contribution in [0.3, 0.4) is 0 Å². The number of pyridine rings is 1. The molecule has 8 nitrogen and oxygen atoms in total. The summed E-state index contributed by atoms with van der Waals surface area (Å²) in [6, 6.07) is 0.509. The van der Waals surface area contributed by atoms with Crippen molar-refractivity contribution in [2.45, 2.75) is 70.6 Å². The molecule has 0 aromatic carbocycles. The van der Waals surface area contributed by atoms with Gasteiger partial charge in [0.05, 0.1) is 7.11 Å². The van der Waals surface area contributed by atoms with Gasteiger partial charge in [0.15, 0.2) is 11.6 Å². The van der Waals surface area contributed by atoms with Crippen LogP contribution >= 0.6 is 0 Å². The van der Waals surface area contributed by atoms with E-state index in [2.05, 4.69) is 15.6 Å². The number of ether oxygens (including phenoxy) is 2. The summed E-state index contributed by atoms with van der Waals surface area (Å²) in [5, 5.41) is 5.46. The molecule has 2 fully saturated rings. The molecule has 1 aliphatic heterocycles. The highest BCUT2D eigenvalue weighted by Crippen LogP contribution is 2.42. The van der Waals surface area contributed by atoms with E-state index in [1.807, 2.05) is 0 Å². The van der Waals surface area contributed by atoms with Gasteiger partial charge >= 0.3 is 6.09 Å². The number of alkyl halides is 2. The fraction of sp³-hybridized carbons (Fsp3) is 0.682. The third-order valence-corrected chi connectivity index (χ3v) is 5.58. The van der Waals surface area contributed by atoms with E-state index in [0.717, 1.165) is 0 Å². The monoisotopic (exact) mass is 472 g/mol. The summed E-state index contributed by atoms with van der Waals surface area (Å²) >= 11 is 0. The molecule has 2 amide bonds. The van der Waals surface area contributed by atoms with Crippen LogP contribution in [0.2, 0.25) is 0 Å². The van der Waals surface area contributed by atoms with Gasteiger partial charge in [-0.25, -0.2) is 18.0 Å². The number of aromatic nitrogens is 1. The first kappa shape index (κ1) is 24.9. The van der Waals surface area contributed by atoms with E-state index in [4.69, 9.17) is 9.47 Å².